The molecule has 2 rings (SSSR count). The highest BCUT2D eigenvalue weighted by molar-refractivity contribution is 5.89. The molecule has 7 heteroatoms. The van der Waals surface area contributed by atoms with E-state index in [1.54, 1.807) is 4.57 Å². The number of aromatic nitrogens is 1. The van der Waals surface area contributed by atoms with Crippen LogP contribution in [0.5, 0.6) is 5.75 Å². The highest BCUT2D eigenvalue weighted by Crippen LogP contribution is 2.24. The number of alkyl halides is 3. The van der Waals surface area contributed by atoms with Crippen molar-refractivity contribution in [1.29, 1.82) is 0 Å². The summed E-state index contributed by atoms with van der Waals surface area (Å²) in [5.41, 5.74) is 1.64. The van der Waals surface area contributed by atoms with E-state index in [2.05, 4.69) is 23.9 Å². The van der Waals surface area contributed by atoms with Crippen molar-refractivity contribution in [2.75, 3.05) is 5.32 Å². The molecule has 0 bridgehead atoms. The molecule has 4 nitrogen and oxygen atoms in total. The van der Waals surface area contributed by atoms with Crippen LogP contribution in [0.2, 0.25) is 0 Å². The molecule has 1 heterocycles. The monoisotopic (exact) mass is 367 g/mol. The molecule has 0 radical (unpaired) electrons. The summed E-state index contributed by atoms with van der Waals surface area (Å²) >= 11 is 0. The van der Waals surface area contributed by atoms with E-state index < -0.39 is 6.36 Å². The Balaban J connectivity index is 1.92. The molecular weight excluding hydrogens is 345 g/mol. The summed E-state index contributed by atoms with van der Waals surface area (Å²) in [4.78, 5) is 12.1. The second kappa shape index (κ2) is 8.69. The Morgan fingerprint density at radius 2 is 1.65 bits per heavy atom. The number of benzene rings is 1. The Morgan fingerprint density at radius 3 is 2.15 bits per heavy atom. The Labute approximate surface area is 150 Å². The zero-order valence-corrected chi connectivity index (χ0v) is 14.7. The molecule has 0 aliphatic rings. The van der Waals surface area contributed by atoms with Crippen molar-refractivity contribution in [1.82, 2.24) is 0 Å². The Kier molecular flexibility index (Phi) is 6.60. The fourth-order valence-electron chi connectivity index (χ4n) is 2.71. The predicted molar refractivity (Wildman–Crippen MR) is 91.7 cm³/mol. The number of ether oxygens (including phenoxy) is 1. The maximum Gasteiger partial charge on any atom is 0.573 e. The average Bonchev–Trinajstić information content (AvgIpc) is 2.58. The molecule has 140 valence electrons. The van der Waals surface area contributed by atoms with Gasteiger partial charge >= 0.3 is 6.36 Å². The van der Waals surface area contributed by atoms with Crippen molar-refractivity contribution in [3.8, 4) is 5.75 Å². The first-order chi connectivity index (χ1) is 12.3. The van der Waals surface area contributed by atoms with E-state index in [-0.39, 0.29) is 18.2 Å². The quantitative estimate of drug-likeness (QED) is 0.737. The minimum absolute atomic E-state index is 0.115. The molecule has 1 N–H and O–H groups in total. The first-order valence-corrected chi connectivity index (χ1v) is 8.45. The number of halogens is 3. The lowest BCUT2D eigenvalue weighted by Gasteiger charge is -2.11. The smallest absolute Gasteiger partial charge is 0.406 e. The molecule has 1 amide bonds. The molecular formula is C19H22F3N2O2+. The van der Waals surface area contributed by atoms with Crippen LogP contribution in [0, 0.1) is 0 Å². The van der Waals surface area contributed by atoms with Crippen molar-refractivity contribution < 1.29 is 27.3 Å². The van der Waals surface area contributed by atoms with Crippen LogP contribution in [0.4, 0.5) is 18.9 Å². The van der Waals surface area contributed by atoms with Gasteiger partial charge in [0.1, 0.15) is 5.75 Å². The summed E-state index contributed by atoms with van der Waals surface area (Å²) < 4.78 is 41.9. The first kappa shape index (κ1) is 19.8. The van der Waals surface area contributed by atoms with Gasteiger partial charge in [-0.05, 0) is 48.6 Å². The normalized spacial score (nSPS) is 11.5. The number of pyridine rings is 1. The maximum atomic E-state index is 12.1. The maximum absolute atomic E-state index is 12.1. The van der Waals surface area contributed by atoms with Gasteiger partial charge in [-0.15, -0.1) is 13.2 Å². The van der Waals surface area contributed by atoms with E-state index >= 15 is 0 Å². The summed E-state index contributed by atoms with van der Waals surface area (Å²) in [7, 11) is 0. The van der Waals surface area contributed by atoms with Crippen LogP contribution in [0.15, 0.2) is 48.8 Å². The largest absolute Gasteiger partial charge is 0.573 e. The third kappa shape index (κ3) is 6.06. The molecule has 0 atom stereocenters. The Morgan fingerprint density at radius 1 is 1.08 bits per heavy atom. The number of amides is 1. The SMILES string of the molecule is CCC(CC)c1cc[n+](CC(=O)Nc2ccc(OC(F)(F)F)cc2)cc1. The van der Waals surface area contributed by atoms with Gasteiger partial charge < -0.3 is 10.1 Å². The molecule has 0 saturated heterocycles. The fourth-order valence-corrected chi connectivity index (χ4v) is 2.71. The topological polar surface area (TPSA) is 42.2 Å². The van der Waals surface area contributed by atoms with Gasteiger partial charge in [-0.25, -0.2) is 0 Å². The summed E-state index contributed by atoms with van der Waals surface area (Å²) in [6.45, 7) is 4.41. The van der Waals surface area contributed by atoms with Gasteiger partial charge in [-0.2, -0.15) is 4.57 Å². The van der Waals surface area contributed by atoms with Gasteiger partial charge in [0, 0.05) is 17.8 Å². The molecule has 0 spiro atoms. The van der Waals surface area contributed by atoms with Crippen LogP contribution >= 0.6 is 0 Å². The van der Waals surface area contributed by atoms with Crippen LogP contribution in [0.25, 0.3) is 0 Å². The second-order valence-corrected chi connectivity index (χ2v) is 5.94. The highest BCUT2D eigenvalue weighted by Gasteiger charge is 2.30. The molecule has 0 unspecified atom stereocenters. The third-order valence-corrected chi connectivity index (χ3v) is 4.07. The highest BCUT2D eigenvalue weighted by atomic mass is 19.4. The summed E-state index contributed by atoms with van der Waals surface area (Å²) in [5, 5.41) is 2.64. The van der Waals surface area contributed by atoms with Crippen LogP contribution < -0.4 is 14.6 Å². The Bertz CT molecular complexity index is 709. The average molecular weight is 367 g/mol. The van der Waals surface area contributed by atoms with Crippen molar-refractivity contribution >= 4 is 11.6 Å². The van der Waals surface area contributed by atoms with Crippen LogP contribution in [0.3, 0.4) is 0 Å². The fraction of sp³-hybridized carbons (Fsp3) is 0.368. The molecule has 0 saturated carbocycles. The van der Waals surface area contributed by atoms with Gasteiger partial charge in [0.25, 0.3) is 5.91 Å². The molecule has 26 heavy (non-hydrogen) atoms. The zero-order chi connectivity index (χ0) is 19.2. The van der Waals surface area contributed by atoms with Crippen molar-refractivity contribution in [3.63, 3.8) is 0 Å². The van der Waals surface area contributed by atoms with Gasteiger partial charge in [-0.3, -0.25) is 4.79 Å². The number of hydrogen-bond acceptors (Lipinski definition) is 2. The predicted octanol–water partition coefficient (Wildman–Crippen LogP) is 4.42. The van der Waals surface area contributed by atoms with E-state index in [1.165, 1.54) is 17.7 Å². The molecule has 0 fully saturated rings. The van der Waals surface area contributed by atoms with E-state index in [0.717, 1.165) is 25.0 Å². The lowest BCUT2D eigenvalue weighted by molar-refractivity contribution is -0.684. The van der Waals surface area contributed by atoms with Gasteiger partial charge in [0.2, 0.25) is 6.54 Å². The van der Waals surface area contributed by atoms with E-state index in [9.17, 15) is 18.0 Å². The Hall–Kier alpha value is -2.57. The number of rotatable bonds is 7. The van der Waals surface area contributed by atoms with Gasteiger partial charge in [-0.1, -0.05) is 13.8 Å². The van der Waals surface area contributed by atoms with Gasteiger partial charge in [0.15, 0.2) is 12.4 Å². The lowest BCUT2D eigenvalue weighted by atomic mass is 9.95. The van der Waals surface area contributed by atoms with E-state index in [4.69, 9.17) is 0 Å². The van der Waals surface area contributed by atoms with Crippen molar-refractivity contribution in [2.45, 2.75) is 45.5 Å². The number of nitrogens with one attached hydrogen (secondary N) is 1. The van der Waals surface area contributed by atoms with Crippen LogP contribution in [0.1, 0.15) is 38.2 Å². The van der Waals surface area contributed by atoms with Gasteiger partial charge in [0.05, 0.1) is 0 Å². The zero-order valence-electron chi connectivity index (χ0n) is 14.7. The standard InChI is InChI=1S/C19H21F3N2O2/c1-3-14(4-2)15-9-11-24(12-10-15)13-18(25)23-16-5-7-17(8-6-16)26-19(20,21)22/h5-12,14H,3-4,13H2,1-2H3/p+1. The molecule has 0 aliphatic heterocycles. The second-order valence-electron chi connectivity index (χ2n) is 5.94. The summed E-state index contributed by atoms with van der Waals surface area (Å²) in [6, 6.07) is 9.05. The number of carbonyl (C=O) groups is 1. The minimum Gasteiger partial charge on any atom is -0.406 e. The summed E-state index contributed by atoms with van der Waals surface area (Å²) in [5.74, 6) is -0.0902. The van der Waals surface area contributed by atoms with Crippen LogP contribution in [-0.2, 0) is 11.3 Å². The third-order valence-electron chi connectivity index (χ3n) is 4.07. The molecule has 1 aromatic carbocycles. The lowest BCUT2D eigenvalue weighted by Crippen LogP contribution is -2.39. The number of hydrogen-bond donors (Lipinski definition) is 1. The van der Waals surface area contributed by atoms with Crippen LogP contribution in [-0.4, -0.2) is 12.3 Å². The van der Waals surface area contributed by atoms with Crippen molar-refractivity contribution in [3.05, 3.63) is 54.4 Å². The number of anilines is 1. The molecule has 1 aromatic heterocycles. The van der Waals surface area contributed by atoms with Crippen molar-refractivity contribution in [2.24, 2.45) is 0 Å². The molecule has 0 aliphatic carbocycles. The van der Waals surface area contributed by atoms with E-state index in [0.29, 0.717) is 11.6 Å². The summed E-state index contributed by atoms with van der Waals surface area (Å²) in [6.07, 6.45) is 1.10. The minimum atomic E-state index is -4.73. The van der Waals surface area contributed by atoms with E-state index in [1.807, 2.05) is 24.5 Å². The first-order valence-electron chi connectivity index (χ1n) is 8.45. The molecule has 2 aromatic rings. The number of nitrogens with zero attached hydrogens (tertiary/aromatic N) is 1. The number of carbonyl (C=O) groups excluding carboxylic acids is 1.